The molecule has 0 saturated heterocycles. The molecule has 0 spiro atoms. The van der Waals surface area contributed by atoms with E-state index in [1.807, 2.05) is 14.0 Å². The maximum Gasteiger partial charge on any atom is 0.328 e. The van der Waals surface area contributed by atoms with Crippen LogP contribution in [0, 0.1) is 5.92 Å². The zero-order valence-corrected chi connectivity index (χ0v) is 9.58. The molecular formula is C11H21NO2. The first-order valence-corrected chi connectivity index (χ1v) is 5.00. The van der Waals surface area contributed by atoms with E-state index in [1.165, 1.54) is 6.08 Å². The summed E-state index contributed by atoms with van der Waals surface area (Å²) in [4.78, 5) is 12.5. The molecule has 0 aliphatic carbocycles. The van der Waals surface area contributed by atoms with E-state index in [4.69, 9.17) is 5.11 Å². The largest absolute Gasteiger partial charge is 0.478 e. The lowest BCUT2D eigenvalue weighted by atomic mass is 10.1. The first kappa shape index (κ1) is 13.2. The summed E-state index contributed by atoms with van der Waals surface area (Å²) in [5.41, 5.74) is 0.892. The molecule has 82 valence electrons. The third kappa shape index (κ3) is 7.80. The van der Waals surface area contributed by atoms with Gasteiger partial charge in [0.15, 0.2) is 0 Å². The van der Waals surface area contributed by atoms with Gasteiger partial charge in [0.1, 0.15) is 0 Å². The van der Waals surface area contributed by atoms with Crippen molar-refractivity contribution >= 4 is 5.97 Å². The lowest BCUT2D eigenvalue weighted by Gasteiger charge is -2.17. The minimum atomic E-state index is -0.861. The van der Waals surface area contributed by atoms with E-state index < -0.39 is 5.97 Å². The lowest BCUT2D eigenvalue weighted by molar-refractivity contribution is -0.131. The number of hydrogen-bond donors (Lipinski definition) is 1. The van der Waals surface area contributed by atoms with Gasteiger partial charge in [-0.15, -0.1) is 0 Å². The minimum Gasteiger partial charge on any atom is -0.478 e. The first-order chi connectivity index (χ1) is 6.41. The van der Waals surface area contributed by atoms with E-state index in [2.05, 4.69) is 18.7 Å². The predicted octanol–water partition coefficient (Wildman–Crippen LogP) is 2.00. The quantitative estimate of drug-likeness (QED) is 0.665. The van der Waals surface area contributed by atoms with Crippen LogP contribution in [0.25, 0.3) is 0 Å². The van der Waals surface area contributed by atoms with E-state index in [1.54, 1.807) is 0 Å². The lowest BCUT2D eigenvalue weighted by Crippen LogP contribution is -2.23. The number of hydrogen-bond acceptors (Lipinski definition) is 2. The summed E-state index contributed by atoms with van der Waals surface area (Å²) < 4.78 is 0. The van der Waals surface area contributed by atoms with Crippen LogP contribution in [0.15, 0.2) is 11.6 Å². The van der Waals surface area contributed by atoms with Gasteiger partial charge in [-0.1, -0.05) is 19.4 Å². The van der Waals surface area contributed by atoms with Crippen LogP contribution in [-0.4, -0.2) is 36.1 Å². The molecule has 0 aliphatic heterocycles. The summed E-state index contributed by atoms with van der Waals surface area (Å²) >= 11 is 0. The van der Waals surface area contributed by atoms with Gasteiger partial charge >= 0.3 is 5.97 Å². The molecule has 0 radical (unpaired) electrons. The SMILES string of the molecule is CC(=CC(=O)O)CN(C)CCC(C)C. The molecule has 0 fully saturated rings. The van der Waals surface area contributed by atoms with Crippen LogP contribution in [0.3, 0.4) is 0 Å². The van der Waals surface area contributed by atoms with Gasteiger partial charge in [-0.25, -0.2) is 4.79 Å². The molecule has 0 aromatic heterocycles. The smallest absolute Gasteiger partial charge is 0.328 e. The highest BCUT2D eigenvalue weighted by Crippen LogP contribution is 2.02. The van der Waals surface area contributed by atoms with Crippen LogP contribution in [0.1, 0.15) is 27.2 Å². The third-order valence-electron chi connectivity index (χ3n) is 1.98. The van der Waals surface area contributed by atoms with Gasteiger partial charge in [0.2, 0.25) is 0 Å². The van der Waals surface area contributed by atoms with Gasteiger partial charge in [0.25, 0.3) is 0 Å². The van der Waals surface area contributed by atoms with E-state index in [9.17, 15) is 4.79 Å². The van der Waals surface area contributed by atoms with Crippen LogP contribution >= 0.6 is 0 Å². The number of nitrogens with zero attached hydrogens (tertiary/aromatic N) is 1. The first-order valence-electron chi connectivity index (χ1n) is 5.00. The maximum absolute atomic E-state index is 10.4. The highest BCUT2D eigenvalue weighted by Gasteiger charge is 2.02. The van der Waals surface area contributed by atoms with Crippen LogP contribution < -0.4 is 0 Å². The Balaban J connectivity index is 3.82. The Labute approximate surface area is 86.4 Å². The monoisotopic (exact) mass is 199 g/mol. The number of carboxylic acid groups (broad SMARTS) is 1. The summed E-state index contributed by atoms with van der Waals surface area (Å²) in [7, 11) is 2.02. The van der Waals surface area contributed by atoms with Crippen molar-refractivity contribution in [2.24, 2.45) is 5.92 Å². The van der Waals surface area contributed by atoms with Crippen molar-refractivity contribution in [1.29, 1.82) is 0 Å². The van der Waals surface area contributed by atoms with Crippen molar-refractivity contribution in [3.05, 3.63) is 11.6 Å². The Morgan fingerprint density at radius 1 is 1.50 bits per heavy atom. The third-order valence-corrected chi connectivity index (χ3v) is 1.98. The fourth-order valence-electron chi connectivity index (χ4n) is 1.24. The summed E-state index contributed by atoms with van der Waals surface area (Å²) in [5, 5.41) is 8.52. The zero-order chi connectivity index (χ0) is 11.1. The standard InChI is InChI=1S/C11H21NO2/c1-9(2)5-6-12(4)8-10(3)7-11(13)14/h7,9H,5-6,8H2,1-4H3,(H,13,14). The second-order valence-corrected chi connectivity index (χ2v) is 4.25. The molecule has 14 heavy (non-hydrogen) atoms. The predicted molar refractivity (Wildman–Crippen MR) is 58.3 cm³/mol. The van der Waals surface area contributed by atoms with Gasteiger partial charge in [-0.05, 0) is 32.9 Å². The Morgan fingerprint density at radius 3 is 2.50 bits per heavy atom. The molecule has 3 nitrogen and oxygen atoms in total. The molecule has 0 aromatic rings. The molecule has 0 aliphatic rings. The average molecular weight is 199 g/mol. The van der Waals surface area contributed by atoms with Crippen LogP contribution in [0.5, 0.6) is 0 Å². The normalized spacial score (nSPS) is 12.6. The molecule has 0 saturated carbocycles. The minimum absolute atomic E-state index is 0.696. The van der Waals surface area contributed by atoms with E-state index in [-0.39, 0.29) is 0 Å². The Kier molecular flexibility index (Phi) is 6.21. The van der Waals surface area contributed by atoms with Crippen LogP contribution in [0.4, 0.5) is 0 Å². The topological polar surface area (TPSA) is 40.5 Å². The highest BCUT2D eigenvalue weighted by atomic mass is 16.4. The number of carbonyl (C=O) groups is 1. The summed E-state index contributed by atoms with van der Waals surface area (Å²) in [5.74, 6) is -0.166. The number of carboxylic acids is 1. The van der Waals surface area contributed by atoms with Crippen molar-refractivity contribution in [2.75, 3.05) is 20.1 Å². The summed E-state index contributed by atoms with van der Waals surface area (Å²) in [6.07, 6.45) is 2.42. The fraction of sp³-hybridized carbons (Fsp3) is 0.727. The van der Waals surface area contributed by atoms with Gasteiger partial charge in [-0.3, -0.25) is 0 Å². The molecule has 0 unspecified atom stereocenters. The Bertz CT molecular complexity index is 209. The fourth-order valence-corrected chi connectivity index (χ4v) is 1.24. The van der Waals surface area contributed by atoms with Gasteiger partial charge in [0, 0.05) is 12.6 Å². The second-order valence-electron chi connectivity index (χ2n) is 4.25. The van der Waals surface area contributed by atoms with Crippen LogP contribution in [0.2, 0.25) is 0 Å². The van der Waals surface area contributed by atoms with E-state index >= 15 is 0 Å². The summed E-state index contributed by atoms with van der Waals surface area (Å²) in [6, 6.07) is 0. The number of rotatable bonds is 6. The second kappa shape index (κ2) is 6.60. The molecule has 0 amide bonds. The Morgan fingerprint density at radius 2 is 2.07 bits per heavy atom. The Hall–Kier alpha value is -0.830. The van der Waals surface area contributed by atoms with E-state index in [0.29, 0.717) is 5.92 Å². The average Bonchev–Trinajstić information content (AvgIpc) is 1.98. The molecule has 3 heteroatoms. The molecule has 1 N–H and O–H groups in total. The maximum atomic E-state index is 10.4. The molecule has 0 atom stereocenters. The van der Waals surface area contributed by atoms with Crippen molar-refractivity contribution in [3.8, 4) is 0 Å². The number of aliphatic carboxylic acids is 1. The van der Waals surface area contributed by atoms with Crippen LogP contribution in [-0.2, 0) is 4.79 Å². The highest BCUT2D eigenvalue weighted by molar-refractivity contribution is 5.80. The van der Waals surface area contributed by atoms with Crippen molar-refractivity contribution in [2.45, 2.75) is 27.2 Å². The van der Waals surface area contributed by atoms with Crippen molar-refractivity contribution in [3.63, 3.8) is 0 Å². The molecule has 0 aromatic carbocycles. The van der Waals surface area contributed by atoms with Crippen molar-refractivity contribution < 1.29 is 9.90 Å². The summed E-state index contributed by atoms with van der Waals surface area (Å²) in [6.45, 7) is 7.98. The van der Waals surface area contributed by atoms with Gasteiger partial charge < -0.3 is 10.0 Å². The molecular weight excluding hydrogens is 178 g/mol. The zero-order valence-electron chi connectivity index (χ0n) is 9.58. The molecule has 0 bridgehead atoms. The van der Waals surface area contributed by atoms with Gasteiger partial charge in [-0.2, -0.15) is 0 Å². The molecule has 0 rings (SSSR count). The molecule has 0 heterocycles. The number of likely N-dealkylation sites (N-methyl/N-ethyl adjacent to an activating group) is 1. The van der Waals surface area contributed by atoms with Crippen molar-refractivity contribution in [1.82, 2.24) is 4.90 Å². The van der Waals surface area contributed by atoms with E-state index in [0.717, 1.165) is 25.1 Å². The van der Waals surface area contributed by atoms with Gasteiger partial charge in [0.05, 0.1) is 0 Å².